The molecule has 1 amide bonds. The van der Waals surface area contributed by atoms with E-state index in [0.717, 1.165) is 12.1 Å². The van der Waals surface area contributed by atoms with E-state index in [9.17, 15) is 4.79 Å². The van der Waals surface area contributed by atoms with Gasteiger partial charge in [0.1, 0.15) is 0 Å². The summed E-state index contributed by atoms with van der Waals surface area (Å²) < 4.78 is 0. The molecule has 98 valence electrons. The van der Waals surface area contributed by atoms with E-state index in [2.05, 4.69) is 25.6 Å². The summed E-state index contributed by atoms with van der Waals surface area (Å²) >= 11 is 1.61. The van der Waals surface area contributed by atoms with E-state index in [1.54, 1.807) is 11.8 Å². The van der Waals surface area contributed by atoms with E-state index in [1.807, 2.05) is 30.9 Å². The predicted molar refractivity (Wildman–Crippen MR) is 79.0 cm³/mol. The summed E-state index contributed by atoms with van der Waals surface area (Å²) in [6, 6.07) is 8.15. The molecule has 0 saturated carbocycles. The first-order valence-electron chi connectivity index (χ1n) is 6.15. The maximum atomic E-state index is 12.1. The summed E-state index contributed by atoms with van der Waals surface area (Å²) in [6.07, 6.45) is 0. The standard InChI is InChI=1S/C15H21NOS/c1-5-16(10-12(2)3)15(17)11-18-14-9-7-6-8-13(14)4/h6-9H,2,5,10-11H2,1,3-4H3. The molecule has 0 radical (unpaired) electrons. The second-order valence-electron chi connectivity index (χ2n) is 4.42. The van der Waals surface area contributed by atoms with Crippen LogP contribution in [0.2, 0.25) is 0 Å². The fourth-order valence-corrected chi connectivity index (χ4v) is 2.58. The van der Waals surface area contributed by atoms with Gasteiger partial charge in [-0.15, -0.1) is 11.8 Å². The first-order chi connectivity index (χ1) is 8.54. The van der Waals surface area contributed by atoms with Crippen LogP contribution in [-0.4, -0.2) is 29.6 Å². The molecular weight excluding hydrogens is 242 g/mol. The molecule has 0 aliphatic carbocycles. The minimum absolute atomic E-state index is 0.175. The van der Waals surface area contributed by atoms with Gasteiger partial charge in [-0.05, 0) is 32.4 Å². The number of carbonyl (C=O) groups excluding carboxylic acids is 1. The van der Waals surface area contributed by atoms with Gasteiger partial charge in [0.15, 0.2) is 0 Å². The number of thioether (sulfide) groups is 1. The summed E-state index contributed by atoms with van der Waals surface area (Å²) in [5, 5.41) is 0. The average Bonchev–Trinajstić information content (AvgIpc) is 2.34. The summed E-state index contributed by atoms with van der Waals surface area (Å²) in [4.78, 5) is 15.1. The van der Waals surface area contributed by atoms with Gasteiger partial charge < -0.3 is 4.90 Å². The lowest BCUT2D eigenvalue weighted by atomic mass is 10.2. The lowest BCUT2D eigenvalue weighted by Gasteiger charge is -2.20. The number of carbonyl (C=O) groups is 1. The topological polar surface area (TPSA) is 20.3 Å². The molecule has 0 aliphatic rings. The number of aryl methyl sites for hydroxylation is 1. The molecule has 1 aromatic carbocycles. The Hall–Kier alpha value is -1.22. The molecular formula is C15H21NOS. The molecule has 0 spiro atoms. The average molecular weight is 263 g/mol. The Morgan fingerprint density at radius 1 is 1.39 bits per heavy atom. The molecule has 3 heteroatoms. The zero-order valence-corrected chi connectivity index (χ0v) is 12.2. The van der Waals surface area contributed by atoms with E-state index in [0.29, 0.717) is 12.3 Å². The molecule has 0 aromatic heterocycles. The van der Waals surface area contributed by atoms with Crippen LogP contribution in [0.1, 0.15) is 19.4 Å². The third-order valence-electron chi connectivity index (χ3n) is 2.64. The van der Waals surface area contributed by atoms with Gasteiger partial charge in [-0.1, -0.05) is 30.4 Å². The normalized spacial score (nSPS) is 10.2. The van der Waals surface area contributed by atoms with Crippen molar-refractivity contribution in [3.05, 3.63) is 42.0 Å². The lowest BCUT2D eigenvalue weighted by Crippen LogP contribution is -2.33. The van der Waals surface area contributed by atoms with Gasteiger partial charge in [0, 0.05) is 18.0 Å². The van der Waals surface area contributed by atoms with Crippen molar-refractivity contribution in [3.8, 4) is 0 Å². The molecule has 0 unspecified atom stereocenters. The fraction of sp³-hybridized carbons (Fsp3) is 0.400. The van der Waals surface area contributed by atoms with Crippen LogP contribution < -0.4 is 0 Å². The van der Waals surface area contributed by atoms with E-state index in [-0.39, 0.29) is 5.91 Å². The maximum absolute atomic E-state index is 12.1. The second kappa shape index (κ2) is 7.27. The SMILES string of the molecule is C=C(C)CN(CC)C(=O)CSc1ccccc1C. The second-order valence-corrected chi connectivity index (χ2v) is 5.44. The predicted octanol–water partition coefficient (Wildman–Crippen LogP) is 3.51. The van der Waals surface area contributed by atoms with Crippen LogP contribution in [0.3, 0.4) is 0 Å². The summed E-state index contributed by atoms with van der Waals surface area (Å²) in [5.74, 6) is 0.667. The number of likely N-dealkylation sites (N-methyl/N-ethyl adjacent to an activating group) is 1. The van der Waals surface area contributed by atoms with Crippen LogP contribution >= 0.6 is 11.8 Å². The van der Waals surface area contributed by atoms with Crippen LogP contribution in [0, 0.1) is 6.92 Å². The van der Waals surface area contributed by atoms with Crippen molar-refractivity contribution in [2.75, 3.05) is 18.8 Å². The van der Waals surface area contributed by atoms with Crippen LogP contribution in [0.4, 0.5) is 0 Å². The first-order valence-corrected chi connectivity index (χ1v) is 7.13. The Bertz CT molecular complexity index is 428. The first kappa shape index (κ1) is 14.8. The van der Waals surface area contributed by atoms with Crippen LogP contribution in [0.5, 0.6) is 0 Å². The minimum Gasteiger partial charge on any atom is -0.338 e. The third-order valence-corrected chi connectivity index (χ3v) is 3.80. The van der Waals surface area contributed by atoms with Gasteiger partial charge in [0.05, 0.1) is 5.75 Å². The smallest absolute Gasteiger partial charge is 0.233 e. The largest absolute Gasteiger partial charge is 0.338 e. The van der Waals surface area contributed by atoms with Crippen molar-refractivity contribution in [1.29, 1.82) is 0 Å². The molecule has 0 atom stereocenters. The van der Waals surface area contributed by atoms with E-state index >= 15 is 0 Å². The Labute approximate surface area is 114 Å². The van der Waals surface area contributed by atoms with Crippen molar-refractivity contribution < 1.29 is 4.79 Å². The van der Waals surface area contributed by atoms with E-state index in [4.69, 9.17) is 0 Å². The zero-order valence-electron chi connectivity index (χ0n) is 11.4. The zero-order chi connectivity index (χ0) is 13.5. The van der Waals surface area contributed by atoms with E-state index in [1.165, 1.54) is 10.5 Å². The number of benzene rings is 1. The fourth-order valence-electron chi connectivity index (χ4n) is 1.65. The van der Waals surface area contributed by atoms with Crippen molar-refractivity contribution in [1.82, 2.24) is 4.90 Å². The van der Waals surface area contributed by atoms with Crippen molar-refractivity contribution in [2.45, 2.75) is 25.7 Å². The molecule has 0 N–H and O–H groups in total. The number of hydrogen-bond donors (Lipinski definition) is 0. The molecule has 18 heavy (non-hydrogen) atoms. The number of hydrogen-bond acceptors (Lipinski definition) is 2. The highest BCUT2D eigenvalue weighted by Crippen LogP contribution is 2.22. The minimum atomic E-state index is 0.175. The Balaban J connectivity index is 2.54. The van der Waals surface area contributed by atoms with Gasteiger partial charge in [-0.25, -0.2) is 0 Å². The maximum Gasteiger partial charge on any atom is 0.233 e. The van der Waals surface area contributed by atoms with Gasteiger partial charge in [-0.3, -0.25) is 4.79 Å². The summed E-state index contributed by atoms with van der Waals surface area (Å²) in [5.41, 5.74) is 2.24. The number of rotatable bonds is 6. The lowest BCUT2D eigenvalue weighted by molar-refractivity contribution is -0.127. The third kappa shape index (κ3) is 4.57. The Morgan fingerprint density at radius 2 is 2.06 bits per heavy atom. The Morgan fingerprint density at radius 3 is 2.61 bits per heavy atom. The molecule has 1 rings (SSSR count). The van der Waals surface area contributed by atoms with Gasteiger partial charge in [-0.2, -0.15) is 0 Å². The Kier molecular flexibility index (Phi) is 5.99. The number of amides is 1. The van der Waals surface area contributed by atoms with Crippen molar-refractivity contribution in [3.63, 3.8) is 0 Å². The molecule has 0 heterocycles. The highest BCUT2D eigenvalue weighted by molar-refractivity contribution is 8.00. The van der Waals surface area contributed by atoms with Crippen molar-refractivity contribution >= 4 is 17.7 Å². The van der Waals surface area contributed by atoms with Gasteiger partial charge in [0.25, 0.3) is 0 Å². The molecule has 0 saturated heterocycles. The highest BCUT2D eigenvalue weighted by atomic mass is 32.2. The van der Waals surface area contributed by atoms with Crippen LogP contribution in [0.15, 0.2) is 41.3 Å². The van der Waals surface area contributed by atoms with E-state index < -0.39 is 0 Å². The van der Waals surface area contributed by atoms with Crippen molar-refractivity contribution in [2.24, 2.45) is 0 Å². The molecule has 2 nitrogen and oxygen atoms in total. The van der Waals surface area contributed by atoms with Crippen LogP contribution in [0.25, 0.3) is 0 Å². The molecule has 0 aliphatic heterocycles. The van der Waals surface area contributed by atoms with Gasteiger partial charge >= 0.3 is 0 Å². The molecule has 0 bridgehead atoms. The monoisotopic (exact) mass is 263 g/mol. The quantitative estimate of drug-likeness (QED) is 0.578. The number of nitrogens with zero attached hydrogens (tertiary/aromatic N) is 1. The summed E-state index contributed by atoms with van der Waals surface area (Å²) in [6.45, 7) is 11.3. The molecule has 1 aromatic rings. The van der Waals surface area contributed by atoms with Gasteiger partial charge in [0.2, 0.25) is 5.91 Å². The van der Waals surface area contributed by atoms with Crippen LogP contribution in [-0.2, 0) is 4.79 Å². The molecule has 0 fully saturated rings. The summed E-state index contributed by atoms with van der Waals surface area (Å²) in [7, 11) is 0. The highest BCUT2D eigenvalue weighted by Gasteiger charge is 2.12.